The number of rotatable bonds is 4. The van der Waals surface area contributed by atoms with Crippen molar-refractivity contribution in [1.82, 2.24) is 4.90 Å². The number of hydrogen-bond acceptors (Lipinski definition) is 2. The molecule has 0 fully saturated rings. The van der Waals surface area contributed by atoms with Crippen LogP contribution in [0.1, 0.15) is 35.7 Å². The molecule has 0 aliphatic heterocycles. The van der Waals surface area contributed by atoms with Gasteiger partial charge in [-0.1, -0.05) is 6.07 Å². The van der Waals surface area contributed by atoms with Gasteiger partial charge in [0, 0.05) is 6.04 Å². The van der Waals surface area contributed by atoms with Crippen molar-refractivity contribution < 1.29 is 13.6 Å². The van der Waals surface area contributed by atoms with E-state index < -0.39 is 5.82 Å². The summed E-state index contributed by atoms with van der Waals surface area (Å²) >= 11 is 3.14. The Morgan fingerprint density at radius 2 is 2.05 bits per heavy atom. The number of furan rings is 1. The topological polar surface area (TPSA) is 33.5 Å². The molecule has 0 saturated heterocycles. The number of benzene rings is 1. The van der Waals surface area contributed by atoms with Gasteiger partial charge < -0.3 is 9.32 Å². The summed E-state index contributed by atoms with van der Waals surface area (Å²) in [7, 11) is 0. The van der Waals surface area contributed by atoms with Gasteiger partial charge in [-0.2, -0.15) is 0 Å². The molecule has 0 N–H and O–H groups in total. The maximum absolute atomic E-state index is 13.6. The monoisotopic (exact) mass is 353 g/mol. The quantitative estimate of drug-likeness (QED) is 0.808. The average molecular weight is 354 g/mol. The molecule has 0 bridgehead atoms. The second kappa shape index (κ2) is 6.43. The molecule has 0 radical (unpaired) electrons. The van der Waals surface area contributed by atoms with Crippen molar-refractivity contribution in [2.75, 3.05) is 0 Å². The van der Waals surface area contributed by atoms with Crippen molar-refractivity contribution in [2.24, 2.45) is 0 Å². The van der Waals surface area contributed by atoms with Crippen LogP contribution in [0.4, 0.5) is 4.39 Å². The lowest BCUT2D eigenvalue weighted by Crippen LogP contribution is -2.36. The first-order valence-corrected chi connectivity index (χ1v) is 7.49. The number of hydrogen-bond donors (Lipinski definition) is 0. The van der Waals surface area contributed by atoms with E-state index in [0.717, 1.165) is 5.76 Å². The highest BCUT2D eigenvalue weighted by Gasteiger charge is 2.23. The summed E-state index contributed by atoms with van der Waals surface area (Å²) < 4.78 is 19.3. The Bertz CT molecular complexity index is 651. The molecule has 0 spiro atoms. The summed E-state index contributed by atoms with van der Waals surface area (Å²) in [5.41, 5.74) is 0.312. The van der Waals surface area contributed by atoms with Crippen LogP contribution in [0, 0.1) is 12.7 Å². The zero-order valence-electron chi connectivity index (χ0n) is 12.2. The summed E-state index contributed by atoms with van der Waals surface area (Å²) in [6, 6.07) is 8.13. The zero-order valence-corrected chi connectivity index (χ0v) is 13.8. The smallest absolute Gasteiger partial charge is 0.255 e. The molecule has 1 amide bonds. The molecule has 0 saturated carbocycles. The number of aryl methyl sites for hydroxylation is 1. The van der Waals surface area contributed by atoms with Crippen molar-refractivity contribution in [1.29, 1.82) is 0 Å². The van der Waals surface area contributed by atoms with Crippen molar-refractivity contribution in [3.63, 3.8) is 0 Å². The van der Waals surface area contributed by atoms with Crippen molar-refractivity contribution in [3.05, 3.63) is 57.7 Å². The molecular formula is C16H17BrFNO2. The molecule has 3 nitrogen and oxygen atoms in total. The largest absolute Gasteiger partial charge is 0.464 e. The van der Waals surface area contributed by atoms with E-state index >= 15 is 0 Å². The van der Waals surface area contributed by atoms with Crippen LogP contribution in [0.2, 0.25) is 0 Å². The van der Waals surface area contributed by atoms with Crippen molar-refractivity contribution in [2.45, 2.75) is 33.4 Å². The predicted molar refractivity (Wildman–Crippen MR) is 82.6 cm³/mol. The minimum absolute atomic E-state index is 0.0296. The van der Waals surface area contributed by atoms with Crippen LogP contribution in [0.3, 0.4) is 0 Å². The fourth-order valence-electron chi connectivity index (χ4n) is 2.05. The van der Waals surface area contributed by atoms with Gasteiger partial charge >= 0.3 is 0 Å². The molecule has 112 valence electrons. The fraction of sp³-hybridized carbons (Fsp3) is 0.312. The Hall–Kier alpha value is -1.62. The van der Waals surface area contributed by atoms with Gasteiger partial charge in [-0.15, -0.1) is 0 Å². The van der Waals surface area contributed by atoms with Gasteiger partial charge in [0.2, 0.25) is 0 Å². The minimum atomic E-state index is -0.446. The van der Waals surface area contributed by atoms with Gasteiger partial charge in [0.1, 0.15) is 17.3 Å². The number of amides is 1. The first-order chi connectivity index (χ1) is 9.90. The maximum Gasteiger partial charge on any atom is 0.255 e. The molecule has 2 rings (SSSR count). The normalized spacial score (nSPS) is 11.0. The Balaban J connectivity index is 2.29. The third-order valence-electron chi connectivity index (χ3n) is 3.19. The molecule has 1 aromatic heterocycles. The molecule has 1 heterocycles. The Kier molecular flexibility index (Phi) is 4.83. The second-order valence-electron chi connectivity index (χ2n) is 5.14. The summed E-state index contributed by atoms with van der Waals surface area (Å²) in [5, 5.41) is 0. The predicted octanol–water partition coefficient (Wildman–Crippen LogP) is 4.54. The molecule has 1 aromatic carbocycles. The van der Waals surface area contributed by atoms with Gasteiger partial charge in [-0.05, 0) is 61.0 Å². The lowest BCUT2D eigenvalue weighted by Gasteiger charge is -2.26. The van der Waals surface area contributed by atoms with E-state index in [1.807, 2.05) is 32.9 Å². The van der Waals surface area contributed by atoms with Crippen molar-refractivity contribution >= 4 is 21.8 Å². The number of nitrogens with zero attached hydrogens (tertiary/aromatic N) is 1. The first-order valence-electron chi connectivity index (χ1n) is 6.70. The molecule has 0 unspecified atom stereocenters. The highest BCUT2D eigenvalue weighted by atomic mass is 79.9. The molecule has 0 aliphatic carbocycles. The van der Waals surface area contributed by atoms with Gasteiger partial charge in [0.05, 0.1) is 16.6 Å². The van der Waals surface area contributed by atoms with Gasteiger partial charge in [-0.25, -0.2) is 4.39 Å². The van der Waals surface area contributed by atoms with Crippen LogP contribution in [-0.2, 0) is 6.54 Å². The van der Waals surface area contributed by atoms with Crippen molar-refractivity contribution in [3.8, 4) is 0 Å². The lowest BCUT2D eigenvalue weighted by molar-refractivity contribution is 0.0674. The van der Waals surface area contributed by atoms with E-state index in [0.29, 0.717) is 17.9 Å². The van der Waals surface area contributed by atoms with Crippen LogP contribution in [0.15, 0.2) is 39.2 Å². The Morgan fingerprint density at radius 1 is 1.33 bits per heavy atom. The van der Waals surface area contributed by atoms with Gasteiger partial charge in [0.25, 0.3) is 5.91 Å². The van der Waals surface area contributed by atoms with Crippen LogP contribution >= 0.6 is 15.9 Å². The van der Waals surface area contributed by atoms with Gasteiger partial charge in [0.15, 0.2) is 0 Å². The van der Waals surface area contributed by atoms with Crippen LogP contribution < -0.4 is 0 Å². The Morgan fingerprint density at radius 3 is 2.62 bits per heavy atom. The zero-order chi connectivity index (χ0) is 15.6. The molecule has 0 aliphatic rings. The van der Waals surface area contributed by atoms with E-state index in [4.69, 9.17) is 4.42 Å². The molecule has 5 heteroatoms. The third kappa shape index (κ3) is 3.53. The number of carbonyl (C=O) groups excluding carboxylic acids is 1. The average Bonchev–Trinajstić information content (AvgIpc) is 2.84. The van der Waals surface area contributed by atoms with E-state index in [1.54, 1.807) is 11.0 Å². The van der Waals surface area contributed by atoms with E-state index in [9.17, 15) is 9.18 Å². The first kappa shape index (κ1) is 15.8. The molecule has 0 atom stereocenters. The minimum Gasteiger partial charge on any atom is -0.464 e. The summed E-state index contributed by atoms with van der Waals surface area (Å²) in [6.45, 7) is 6.04. The number of carbonyl (C=O) groups is 1. The van der Waals surface area contributed by atoms with E-state index in [1.165, 1.54) is 12.1 Å². The standard InChI is InChI=1S/C16H17BrFNO2/c1-10(2)19(9-12-8-7-11(3)21-12)16(20)13-5-4-6-14(18)15(13)17/h4-8,10H,9H2,1-3H3. The SMILES string of the molecule is Cc1ccc(CN(C(=O)c2cccc(F)c2Br)C(C)C)o1. The summed E-state index contributed by atoms with van der Waals surface area (Å²) in [5.74, 6) is 0.832. The third-order valence-corrected chi connectivity index (χ3v) is 3.99. The number of halogens is 2. The van der Waals surface area contributed by atoms with Gasteiger partial charge in [-0.3, -0.25) is 4.79 Å². The maximum atomic E-state index is 13.6. The fourth-order valence-corrected chi connectivity index (χ4v) is 2.48. The molecule has 2 aromatic rings. The highest BCUT2D eigenvalue weighted by molar-refractivity contribution is 9.10. The summed E-state index contributed by atoms with van der Waals surface area (Å²) in [6.07, 6.45) is 0. The lowest BCUT2D eigenvalue weighted by atomic mass is 10.1. The van der Waals surface area contributed by atoms with Crippen LogP contribution in [0.5, 0.6) is 0 Å². The van der Waals surface area contributed by atoms with Crippen LogP contribution in [0.25, 0.3) is 0 Å². The van der Waals surface area contributed by atoms with E-state index in [-0.39, 0.29) is 16.4 Å². The van der Waals surface area contributed by atoms with Crippen LogP contribution in [-0.4, -0.2) is 16.8 Å². The Labute approximate surface area is 131 Å². The second-order valence-corrected chi connectivity index (χ2v) is 5.93. The highest BCUT2D eigenvalue weighted by Crippen LogP contribution is 2.23. The molecular weight excluding hydrogens is 337 g/mol. The summed E-state index contributed by atoms with van der Waals surface area (Å²) in [4.78, 5) is 14.3. The van der Waals surface area contributed by atoms with E-state index in [2.05, 4.69) is 15.9 Å². The molecule has 21 heavy (non-hydrogen) atoms.